The maximum Gasteiger partial charge on any atom is 0.223 e. The number of ether oxygens (including phenoxy) is 1. The van der Waals surface area contributed by atoms with Crippen molar-refractivity contribution in [1.29, 1.82) is 0 Å². The van der Waals surface area contributed by atoms with Crippen molar-refractivity contribution in [3.63, 3.8) is 0 Å². The molecule has 7 heteroatoms. The van der Waals surface area contributed by atoms with Gasteiger partial charge in [0, 0.05) is 38.6 Å². The molecule has 0 aromatic carbocycles. The molecule has 0 spiro atoms. The third-order valence-electron chi connectivity index (χ3n) is 6.35. The number of halogens is 2. The van der Waals surface area contributed by atoms with Gasteiger partial charge >= 0.3 is 0 Å². The monoisotopic (exact) mass is 423 g/mol. The minimum Gasteiger partial charge on any atom is -0.373 e. The Bertz CT molecular complexity index is 439. The molecular weight excluding hydrogens is 385 g/mol. The van der Waals surface area contributed by atoms with E-state index in [0.717, 1.165) is 58.5 Å². The molecule has 0 radical (unpaired) electrons. The van der Waals surface area contributed by atoms with Crippen molar-refractivity contribution in [1.82, 2.24) is 15.1 Å². The van der Waals surface area contributed by atoms with E-state index >= 15 is 0 Å². The molecule has 0 aliphatic carbocycles. The van der Waals surface area contributed by atoms with Gasteiger partial charge in [-0.05, 0) is 64.5 Å². The van der Waals surface area contributed by atoms with Crippen molar-refractivity contribution in [2.24, 2.45) is 11.8 Å². The molecule has 160 valence electrons. The molecular formula is C20H39Cl2N3O2. The number of piperidine rings is 1. The van der Waals surface area contributed by atoms with Crippen LogP contribution in [0.4, 0.5) is 0 Å². The van der Waals surface area contributed by atoms with Gasteiger partial charge in [-0.15, -0.1) is 24.8 Å². The summed E-state index contributed by atoms with van der Waals surface area (Å²) in [6.45, 7) is 12.8. The van der Waals surface area contributed by atoms with E-state index in [9.17, 15) is 4.79 Å². The van der Waals surface area contributed by atoms with E-state index in [1.165, 1.54) is 12.8 Å². The SMILES string of the molecule is CC1CN(CC2CCCN2C(=O)CC(C)C2CCNCC2)CC(C)O1.Cl.Cl. The van der Waals surface area contributed by atoms with Crippen molar-refractivity contribution in [2.45, 2.75) is 71.1 Å². The highest BCUT2D eigenvalue weighted by atomic mass is 35.5. The van der Waals surface area contributed by atoms with Crippen LogP contribution in [0.1, 0.15) is 52.9 Å². The van der Waals surface area contributed by atoms with Gasteiger partial charge in [-0.1, -0.05) is 6.92 Å². The Morgan fingerprint density at radius 2 is 1.74 bits per heavy atom. The lowest BCUT2D eigenvalue weighted by molar-refractivity contribution is -0.134. The third-order valence-corrected chi connectivity index (χ3v) is 6.35. The lowest BCUT2D eigenvalue weighted by atomic mass is 9.84. The number of rotatable bonds is 5. The smallest absolute Gasteiger partial charge is 0.223 e. The highest BCUT2D eigenvalue weighted by Crippen LogP contribution is 2.27. The van der Waals surface area contributed by atoms with Gasteiger partial charge in [-0.2, -0.15) is 0 Å². The van der Waals surface area contributed by atoms with Crippen LogP contribution in [0, 0.1) is 11.8 Å². The zero-order valence-electron chi connectivity index (χ0n) is 17.2. The number of carbonyl (C=O) groups is 1. The van der Waals surface area contributed by atoms with Crippen molar-refractivity contribution in [2.75, 3.05) is 39.3 Å². The Labute approximate surface area is 177 Å². The normalized spacial score (nSPS) is 31.1. The predicted molar refractivity (Wildman–Crippen MR) is 115 cm³/mol. The highest BCUT2D eigenvalue weighted by Gasteiger charge is 2.33. The van der Waals surface area contributed by atoms with Gasteiger partial charge < -0.3 is 15.0 Å². The Hall–Kier alpha value is -0.0700. The lowest BCUT2D eigenvalue weighted by Crippen LogP contribution is -2.51. The van der Waals surface area contributed by atoms with Gasteiger partial charge in [0.15, 0.2) is 0 Å². The Balaban J connectivity index is 0.00000182. The van der Waals surface area contributed by atoms with Crippen molar-refractivity contribution >= 4 is 30.7 Å². The first-order chi connectivity index (χ1) is 12.0. The van der Waals surface area contributed by atoms with Crippen LogP contribution >= 0.6 is 24.8 Å². The van der Waals surface area contributed by atoms with E-state index in [1.54, 1.807) is 0 Å². The number of likely N-dealkylation sites (tertiary alicyclic amines) is 1. The minimum atomic E-state index is 0. The van der Waals surface area contributed by atoms with Crippen LogP contribution in [-0.2, 0) is 9.53 Å². The zero-order chi connectivity index (χ0) is 17.8. The lowest BCUT2D eigenvalue weighted by Gasteiger charge is -2.38. The number of amides is 1. The highest BCUT2D eigenvalue weighted by molar-refractivity contribution is 5.85. The number of carbonyl (C=O) groups excluding carboxylic acids is 1. The van der Waals surface area contributed by atoms with Crippen LogP contribution < -0.4 is 5.32 Å². The Morgan fingerprint density at radius 1 is 1.11 bits per heavy atom. The molecule has 0 saturated carbocycles. The summed E-state index contributed by atoms with van der Waals surface area (Å²) in [5.41, 5.74) is 0. The molecule has 5 nitrogen and oxygen atoms in total. The van der Waals surface area contributed by atoms with E-state index in [4.69, 9.17) is 4.74 Å². The number of nitrogens with zero attached hydrogens (tertiary/aromatic N) is 2. The average Bonchev–Trinajstić information content (AvgIpc) is 3.03. The van der Waals surface area contributed by atoms with E-state index < -0.39 is 0 Å². The summed E-state index contributed by atoms with van der Waals surface area (Å²) >= 11 is 0. The molecule has 27 heavy (non-hydrogen) atoms. The van der Waals surface area contributed by atoms with Crippen LogP contribution in [0.15, 0.2) is 0 Å². The number of hydrogen-bond donors (Lipinski definition) is 1. The van der Waals surface area contributed by atoms with Crippen molar-refractivity contribution in [3.05, 3.63) is 0 Å². The van der Waals surface area contributed by atoms with Gasteiger partial charge in [0.2, 0.25) is 5.91 Å². The second kappa shape index (κ2) is 11.8. The molecule has 3 heterocycles. The first-order valence-electron chi connectivity index (χ1n) is 10.4. The summed E-state index contributed by atoms with van der Waals surface area (Å²) in [5.74, 6) is 1.62. The summed E-state index contributed by atoms with van der Waals surface area (Å²) in [4.78, 5) is 17.6. The fraction of sp³-hybridized carbons (Fsp3) is 0.950. The fourth-order valence-corrected chi connectivity index (χ4v) is 5.06. The van der Waals surface area contributed by atoms with Gasteiger partial charge in [0.1, 0.15) is 0 Å². The fourth-order valence-electron chi connectivity index (χ4n) is 5.06. The average molecular weight is 424 g/mol. The molecule has 3 saturated heterocycles. The van der Waals surface area contributed by atoms with Gasteiger partial charge in [0.05, 0.1) is 12.2 Å². The summed E-state index contributed by atoms with van der Waals surface area (Å²) in [6, 6.07) is 0.408. The maximum atomic E-state index is 12.9. The van der Waals surface area contributed by atoms with Gasteiger partial charge in [0.25, 0.3) is 0 Å². The molecule has 4 unspecified atom stereocenters. The summed E-state index contributed by atoms with van der Waals surface area (Å²) in [7, 11) is 0. The van der Waals surface area contributed by atoms with E-state index in [-0.39, 0.29) is 24.8 Å². The maximum absolute atomic E-state index is 12.9. The molecule has 3 rings (SSSR count). The number of hydrogen-bond acceptors (Lipinski definition) is 4. The Morgan fingerprint density at radius 3 is 2.37 bits per heavy atom. The van der Waals surface area contributed by atoms with Crippen LogP contribution in [0.5, 0.6) is 0 Å². The third kappa shape index (κ3) is 7.04. The van der Waals surface area contributed by atoms with E-state index in [2.05, 4.69) is 35.9 Å². The topological polar surface area (TPSA) is 44.8 Å². The van der Waals surface area contributed by atoms with Gasteiger partial charge in [-0.25, -0.2) is 0 Å². The zero-order valence-corrected chi connectivity index (χ0v) is 18.8. The molecule has 3 fully saturated rings. The quantitative estimate of drug-likeness (QED) is 0.737. The van der Waals surface area contributed by atoms with E-state index in [1.807, 2.05) is 0 Å². The minimum absolute atomic E-state index is 0. The second-order valence-electron chi connectivity index (χ2n) is 8.63. The summed E-state index contributed by atoms with van der Waals surface area (Å²) in [6.07, 6.45) is 6.10. The van der Waals surface area contributed by atoms with Crippen LogP contribution in [-0.4, -0.2) is 73.2 Å². The van der Waals surface area contributed by atoms with Crippen molar-refractivity contribution < 1.29 is 9.53 Å². The Kier molecular flexibility index (Phi) is 10.9. The summed E-state index contributed by atoms with van der Waals surface area (Å²) in [5, 5.41) is 3.43. The molecule has 0 aromatic heterocycles. The number of nitrogens with one attached hydrogen (secondary N) is 1. The number of morpholine rings is 1. The van der Waals surface area contributed by atoms with Crippen molar-refractivity contribution in [3.8, 4) is 0 Å². The first-order valence-corrected chi connectivity index (χ1v) is 10.4. The van der Waals surface area contributed by atoms with E-state index in [0.29, 0.717) is 36.0 Å². The second-order valence-corrected chi connectivity index (χ2v) is 8.63. The van der Waals surface area contributed by atoms with Crippen LogP contribution in [0.2, 0.25) is 0 Å². The largest absolute Gasteiger partial charge is 0.373 e. The molecule has 0 aromatic rings. The molecule has 4 atom stereocenters. The first kappa shape index (κ1) is 25.0. The molecule has 3 aliphatic heterocycles. The summed E-state index contributed by atoms with van der Waals surface area (Å²) < 4.78 is 5.85. The van der Waals surface area contributed by atoms with Crippen LogP contribution in [0.3, 0.4) is 0 Å². The predicted octanol–water partition coefficient (Wildman–Crippen LogP) is 2.96. The molecule has 1 amide bonds. The van der Waals surface area contributed by atoms with Gasteiger partial charge in [-0.3, -0.25) is 9.69 Å². The molecule has 0 bridgehead atoms. The molecule has 1 N–H and O–H groups in total. The molecule has 3 aliphatic rings. The standard InChI is InChI=1S/C20H37N3O2.2ClH/c1-15(18-6-8-21-9-7-18)11-20(24)23-10-4-5-19(23)14-22-12-16(2)25-17(3)13-22;;/h15-19,21H,4-14H2,1-3H3;2*1H. The van der Waals surface area contributed by atoms with Crippen LogP contribution in [0.25, 0.3) is 0 Å².